The molecule has 0 saturated carbocycles. The molecule has 80 valence electrons. The van der Waals surface area contributed by atoms with Crippen molar-refractivity contribution >= 4 is 21.7 Å². The van der Waals surface area contributed by atoms with Crippen molar-refractivity contribution in [2.24, 2.45) is 0 Å². The van der Waals surface area contributed by atoms with Gasteiger partial charge in [0.25, 0.3) is 0 Å². The molecule has 4 heteroatoms. The van der Waals surface area contributed by atoms with Crippen LogP contribution in [0.1, 0.15) is 10.4 Å². The molecule has 0 aliphatic carbocycles. The first kappa shape index (κ1) is 11.9. The molecule has 0 aliphatic heterocycles. The maximum Gasteiger partial charge on any atom is 0.187 e. The average molecular weight is 272 g/mol. The van der Waals surface area contributed by atoms with Crippen molar-refractivity contribution in [1.29, 1.82) is 0 Å². The second kappa shape index (κ2) is 5.07. The summed E-state index contributed by atoms with van der Waals surface area (Å²) >= 11 is 3.03. The smallest absolute Gasteiger partial charge is 0.187 e. The Hall–Kier alpha value is -1.16. The number of carbonyl (C=O) groups is 1. The van der Waals surface area contributed by atoms with Crippen LogP contribution in [0.5, 0.6) is 0 Å². The second-order valence-corrected chi connectivity index (χ2v) is 4.13. The number of carbonyl (C=O) groups excluding carboxylic acids is 1. The highest BCUT2D eigenvalue weighted by atomic mass is 79.9. The van der Waals surface area contributed by atoms with Crippen molar-refractivity contribution in [3.63, 3.8) is 0 Å². The van der Waals surface area contributed by atoms with E-state index in [4.69, 9.17) is 0 Å². The first-order valence-corrected chi connectivity index (χ1v) is 5.14. The molecule has 0 bridgehead atoms. The van der Waals surface area contributed by atoms with Crippen LogP contribution in [0.2, 0.25) is 0 Å². The largest absolute Gasteiger partial charge is 0.383 e. The Morgan fingerprint density at radius 2 is 2.13 bits per heavy atom. The van der Waals surface area contributed by atoms with Crippen LogP contribution in [0, 0.1) is 5.82 Å². The summed E-state index contributed by atoms with van der Waals surface area (Å²) < 4.78 is 13.5. The molecule has 15 heavy (non-hydrogen) atoms. The summed E-state index contributed by atoms with van der Waals surface area (Å²) in [5, 5.41) is 0. The summed E-state index contributed by atoms with van der Waals surface area (Å²) in [6, 6.07) is 4.31. The molecule has 0 unspecified atom stereocenters. The monoisotopic (exact) mass is 271 g/mol. The summed E-state index contributed by atoms with van der Waals surface area (Å²) in [7, 11) is 3.62. The fourth-order valence-corrected chi connectivity index (χ4v) is 1.21. The standard InChI is InChI=1S/C11H11BrFNO/c1-14(2)6-5-11(15)8-3-4-9(12)10(13)7-8/h3-7H,1-2H3/b6-5+. The molecule has 0 heterocycles. The molecule has 0 saturated heterocycles. The summed E-state index contributed by atoms with van der Waals surface area (Å²) in [5.41, 5.74) is 0.341. The molecular formula is C11H11BrFNO. The molecular weight excluding hydrogens is 261 g/mol. The quantitative estimate of drug-likeness (QED) is 0.623. The number of hydrogen-bond acceptors (Lipinski definition) is 2. The van der Waals surface area contributed by atoms with E-state index in [1.165, 1.54) is 18.2 Å². The van der Waals surface area contributed by atoms with Gasteiger partial charge in [0.2, 0.25) is 0 Å². The zero-order chi connectivity index (χ0) is 11.4. The number of benzene rings is 1. The lowest BCUT2D eigenvalue weighted by atomic mass is 10.1. The highest BCUT2D eigenvalue weighted by Crippen LogP contribution is 2.16. The Kier molecular flexibility index (Phi) is 4.03. The third-order valence-electron chi connectivity index (χ3n) is 1.73. The molecule has 0 spiro atoms. The first-order chi connectivity index (χ1) is 7.00. The van der Waals surface area contributed by atoms with Gasteiger partial charge in [-0.05, 0) is 34.1 Å². The number of hydrogen-bond donors (Lipinski definition) is 0. The summed E-state index contributed by atoms with van der Waals surface area (Å²) in [6.45, 7) is 0. The van der Waals surface area contributed by atoms with Crippen LogP contribution < -0.4 is 0 Å². The van der Waals surface area contributed by atoms with Crippen molar-refractivity contribution in [2.45, 2.75) is 0 Å². The van der Waals surface area contributed by atoms with Crippen LogP contribution in [0.3, 0.4) is 0 Å². The molecule has 0 amide bonds. The lowest BCUT2D eigenvalue weighted by Crippen LogP contribution is -2.03. The van der Waals surface area contributed by atoms with Gasteiger partial charge in [-0.3, -0.25) is 4.79 Å². The number of halogens is 2. The van der Waals surface area contributed by atoms with E-state index in [1.54, 1.807) is 17.2 Å². The van der Waals surface area contributed by atoms with Crippen molar-refractivity contribution < 1.29 is 9.18 Å². The zero-order valence-electron chi connectivity index (χ0n) is 8.50. The average Bonchev–Trinajstić information content (AvgIpc) is 2.18. The number of rotatable bonds is 3. The molecule has 2 nitrogen and oxygen atoms in total. The van der Waals surface area contributed by atoms with Crippen LogP contribution >= 0.6 is 15.9 Å². The van der Waals surface area contributed by atoms with Crippen molar-refractivity contribution in [1.82, 2.24) is 4.90 Å². The highest BCUT2D eigenvalue weighted by molar-refractivity contribution is 9.10. The predicted molar refractivity (Wildman–Crippen MR) is 61.3 cm³/mol. The van der Waals surface area contributed by atoms with E-state index in [9.17, 15) is 9.18 Å². The van der Waals surface area contributed by atoms with Crippen LogP contribution in [0.15, 0.2) is 34.9 Å². The van der Waals surface area contributed by atoms with E-state index in [0.29, 0.717) is 10.0 Å². The minimum absolute atomic E-state index is 0.213. The molecule has 1 aromatic rings. The predicted octanol–water partition coefficient (Wildman–Crippen LogP) is 2.85. The lowest BCUT2D eigenvalue weighted by Gasteiger charge is -2.03. The Balaban J connectivity index is 2.88. The summed E-state index contributed by atoms with van der Waals surface area (Å²) in [4.78, 5) is 13.3. The van der Waals surface area contributed by atoms with Crippen LogP contribution in [-0.4, -0.2) is 24.8 Å². The Labute approximate surface area is 96.5 Å². The highest BCUT2D eigenvalue weighted by Gasteiger charge is 2.05. The van der Waals surface area contributed by atoms with Crippen molar-refractivity contribution in [3.8, 4) is 0 Å². The zero-order valence-corrected chi connectivity index (χ0v) is 10.1. The van der Waals surface area contributed by atoms with Gasteiger partial charge in [-0.1, -0.05) is 0 Å². The Morgan fingerprint density at radius 3 is 2.67 bits per heavy atom. The minimum atomic E-state index is -0.431. The fraction of sp³-hybridized carbons (Fsp3) is 0.182. The maximum absolute atomic E-state index is 13.1. The van der Waals surface area contributed by atoms with Crippen LogP contribution in [0.4, 0.5) is 4.39 Å². The van der Waals surface area contributed by atoms with E-state index in [-0.39, 0.29) is 5.78 Å². The minimum Gasteiger partial charge on any atom is -0.383 e. The fourth-order valence-electron chi connectivity index (χ4n) is 0.962. The van der Waals surface area contributed by atoms with Crippen molar-refractivity contribution in [2.75, 3.05) is 14.1 Å². The Bertz CT molecular complexity index is 402. The van der Waals surface area contributed by atoms with Gasteiger partial charge in [0.05, 0.1) is 4.47 Å². The van der Waals surface area contributed by atoms with E-state index < -0.39 is 5.82 Å². The van der Waals surface area contributed by atoms with Gasteiger partial charge in [0, 0.05) is 31.9 Å². The van der Waals surface area contributed by atoms with Gasteiger partial charge in [0.1, 0.15) is 5.82 Å². The SMILES string of the molecule is CN(C)/C=C/C(=O)c1ccc(Br)c(F)c1. The maximum atomic E-state index is 13.1. The van der Waals surface area contributed by atoms with Gasteiger partial charge >= 0.3 is 0 Å². The third kappa shape index (κ3) is 3.47. The van der Waals surface area contributed by atoms with E-state index in [0.717, 1.165) is 0 Å². The number of allylic oxidation sites excluding steroid dienone is 1. The molecule has 1 rings (SSSR count). The first-order valence-electron chi connectivity index (χ1n) is 4.34. The van der Waals surface area contributed by atoms with Gasteiger partial charge in [-0.2, -0.15) is 0 Å². The van der Waals surface area contributed by atoms with Crippen LogP contribution in [-0.2, 0) is 0 Å². The Morgan fingerprint density at radius 1 is 1.47 bits per heavy atom. The molecule has 1 aromatic carbocycles. The van der Waals surface area contributed by atoms with Gasteiger partial charge in [0.15, 0.2) is 5.78 Å². The number of nitrogens with zero attached hydrogens (tertiary/aromatic N) is 1. The molecule has 0 atom stereocenters. The normalized spacial score (nSPS) is 10.7. The van der Waals surface area contributed by atoms with Gasteiger partial charge in [-0.15, -0.1) is 0 Å². The summed E-state index contributed by atoms with van der Waals surface area (Å²) in [5.74, 6) is -0.644. The van der Waals surface area contributed by atoms with Gasteiger partial charge in [-0.25, -0.2) is 4.39 Å². The third-order valence-corrected chi connectivity index (χ3v) is 2.37. The molecule has 0 N–H and O–H groups in total. The lowest BCUT2D eigenvalue weighted by molar-refractivity contribution is 0.104. The van der Waals surface area contributed by atoms with E-state index in [2.05, 4.69) is 15.9 Å². The molecule has 0 aromatic heterocycles. The molecule has 0 aliphatic rings. The topological polar surface area (TPSA) is 20.3 Å². The number of ketones is 1. The van der Waals surface area contributed by atoms with Crippen molar-refractivity contribution in [3.05, 3.63) is 46.3 Å². The molecule has 0 radical (unpaired) electrons. The van der Waals surface area contributed by atoms with Crippen LogP contribution in [0.25, 0.3) is 0 Å². The summed E-state index contributed by atoms with van der Waals surface area (Å²) in [6.07, 6.45) is 3.03. The van der Waals surface area contributed by atoms with Gasteiger partial charge < -0.3 is 4.90 Å². The molecule has 0 fully saturated rings. The second-order valence-electron chi connectivity index (χ2n) is 3.27. The van der Waals surface area contributed by atoms with E-state index in [1.807, 2.05) is 14.1 Å². The van der Waals surface area contributed by atoms with E-state index >= 15 is 0 Å².